The molecule has 2 aromatic rings. The number of hydrogen-bond acceptors (Lipinski definition) is 3. The highest BCUT2D eigenvalue weighted by atomic mass is 32.2. The molecule has 2 rings (SSSR count). The van der Waals surface area contributed by atoms with Crippen LogP contribution >= 0.6 is 11.8 Å². The fourth-order valence-electron chi connectivity index (χ4n) is 2.39. The van der Waals surface area contributed by atoms with Crippen LogP contribution in [-0.2, 0) is 0 Å². The van der Waals surface area contributed by atoms with E-state index in [2.05, 4.69) is 6.92 Å². The van der Waals surface area contributed by atoms with Crippen molar-refractivity contribution in [2.45, 2.75) is 24.7 Å². The third-order valence-electron chi connectivity index (χ3n) is 3.69. The normalized spacial score (nSPS) is 10.4. The minimum Gasteiger partial charge on any atom is -0.496 e. The van der Waals surface area contributed by atoms with E-state index in [0.29, 0.717) is 17.9 Å². The monoisotopic (exact) mass is 329 g/mol. The summed E-state index contributed by atoms with van der Waals surface area (Å²) in [7, 11) is 1.61. The standard InChI is InChI=1S/C19H23NO2S/c1-4-5-13-20(15-9-7-6-8-10-15)19(21)17-12-11-16(23-3)14-18(17)22-2/h6-12,14H,4-5,13H2,1-3H3. The van der Waals surface area contributed by atoms with E-state index in [9.17, 15) is 4.79 Å². The highest BCUT2D eigenvalue weighted by molar-refractivity contribution is 7.98. The Kier molecular flexibility index (Phi) is 6.53. The number of methoxy groups -OCH3 is 1. The summed E-state index contributed by atoms with van der Waals surface area (Å²) in [6.07, 6.45) is 4.01. The minimum absolute atomic E-state index is 0.0193. The van der Waals surface area contributed by atoms with E-state index < -0.39 is 0 Å². The Morgan fingerprint density at radius 1 is 1.17 bits per heavy atom. The molecule has 23 heavy (non-hydrogen) atoms. The lowest BCUT2D eigenvalue weighted by Crippen LogP contribution is -2.32. The predicted molar refractivity (Wildman–Crippen MR) is 97.8 cm³/mol. The maximum absolute atomic E-state index is 13.1. The van der Waals surface area contributed by atoms with Crippen LogP contribution in [-0.4, -0.2) is 25.8 Å². The number of carbonyl (C=O) groups is 1. The lowest BCUT2D eigenvalue weighted by molar-refractivity contribution is 0.0983. The Hall–Kier alpha value is -1.94. The first-order valence-corrected chi connectivity index (χ1v) is 9.02. The van der Waals surface area contributed by atoms with E-state index in [-0.39, 0.29) is 5.91 Å². The third-order valence-corrected chi connectivity index (χ3v) is 4.41. The zero-order valence-corrected chi connectivity index (χ0v) is 14.7. The number of anilines is 1. The number of unbranched alkanes of at least 4 members (excludes halogenated alkanes) is 1. The molecule has 0 heterocycles. The predicted octanol–water partition coefficient (Wildman–Crippen LogP) is 4.86. The number of benzene rings is 2. The molecule has 0 N–H and O–H groups in total. The molecule has 3 nitrogen and oxygen atoms in total. The molecule has 0 aliphatic carbocycles. The quantitative estimate of drug-likeness (QED) is 0.679. The molecule has 0 bridgehead atoms. The molecule has 0 fully saturated rings. The molecule has 0 aliphatic heterocycles. The Balaban J connectivity index is 2.37. The molecule has 122 valence electrons. The van der Waals surface area contributed by atoms with Gasteiger partial charge >= 0.3 is 0 Å². The molecular formula is C19H23NO2S. The number of rotatable bonds is 7. The molecule has 4 heteroatoms. The zero-order valence-electron chi connectivity index (χ0n) is 13.9. The topological polar surface area (TPSA) is 29.5 Å². The number of para-hydroxylation sites is 1. The Bertz CT molecular complexity index is 643. The molecule has 0 radical (unpaired) electrons. The van der Waals surface area contributed by atoms with Gasteiger partial charge in [0.05, 0.1) is 12.7 Å². The number of carbonyl (C=O) groups excluding carboxylic acids is 1. The van der Waals surface area contributed by atoms with Crippen molar-refractivity contribution >= 4 is 23.4 Å². The van der Waals surface area contributed by atoms with E-state index in [0.717, 1.165) is 23.4 Å². The summed E-state index contributed by atoms with van der Waals surface area (Å²) in [5.41, 5.74) is 1.52. The van der Waals surface area contributed by atoms with Gasteiger partial charge in [-0.15, -0.1) is 11.8 Å². The summed E-state index contributed by atoms with van der Waals surface area (Å²) in [4.78, 5) is 16.0. The Morgan fingerprint density at radius 3 is 2.52 bits per heavy atom. The fourth-order valence-corrected chi connectivity index (χ4v) is 2.82. The number of nitrogens with zero attached hydrogens (tertiary/aromatic N) is 1. The smallest absolute Gasteiger partial charge is 0.262 e. The largest absolute Gasteiger partial charge is 0.496 e. The summed E-state index contributed by atoms with van der Waals surface area (Å²) in [6.45, 7) is 2.83. The van der Waals surface area contributed by atoms with Gasteiger partial charge in [0.2, 0.25) is 0 Å². The first-order chi connectivity index (χ1) is 11.2. The number of thioether (sulfide) groups is 1. The van der Waals surface area contributed by atoms with Gasteiger partial charge in [-0.05, 0) is 43.0 Å². The van der Waals surface area contributed by atoms with Crippen molar-refractivity contribution in [3.8, 4) is 5.75 Å². The maximum Gasteiger partial charge on any atom is 0.262 e. The number of amides is 1. The van der Waals surface area contributed by atoms with E-state index >= 15 is 0 Å². The van der Waals surface area contributed by atoms with Gasteiger partial charge in [-0.3, -0.25) is 4.79 Å². The lowest BCUT2D eigenvalue weighted by Gasteiger charge is -2.24. The first-order valence-electron chi connectivity index (χ1n) is 7.80. The molecule has 0 saturated heterocycles. The van der Waals surface area contributed by atoms with Crippen molar-refractivity contribution in [3.05, 3.63) is 54.1 Å². The molecule has 0 spiro atoms. The van der Waals surface area contributed by atoms with Crippen molar-refractivity contribution in [1.29, 1.82) is 0 Å². The van der Waals surface area contributed by atoms with Crippen LogP contribution in [0.2, 0.25) is 0 Å². The Labute approximate surface area is 142 Å². The average molecular weight is 329 g/mol. The van der Waals surface area contributed by atoms with Gasteiger partial charge in [-0.25, -0.2) is 0 Å². The summed E-state index contributed by atoms with van der Waals surface area (Å²) in [5.74, 6) is 0.605. The summed E-state index contributed by atoms with van der Waals surface area (Å²) in [5, 5.41) is 0. The Morgan fingerprint density at radius 2 is 1.91 bits per heavy atom. The van der Waals surface area contributed by atoms with Gasteiger partial charge in [0.1, 0.15) is 5.75 Å². The average Bonchev–Trinajstić information content (AvgIpc) is 2.62. The fraction of sp³-hybridized carbons (Fsp3) is 0.316. The summed E-state index contributed by atoms with van der Waals surface area (Å²) in [6, 6.07) is 15.5. The first kappa shape index (κ1) is 17.4. The van der Waals surface area contributed by atoms with Crippen LogP contribution in [0.1, 0.15) is 30.1 Å². The van der Waals surface area contributed by atoms with Crippen LogP contribution in [0, 0.1) is 0 Å². The van der Waals surface area contributed by atoms with Gasteiger partial charge in [-0.1, -0.05) is 31.5 Å². The van der Waals surface area contributed by atoms with Crippen molar-refractivity contribution in [3.63, 3.8) is 0 Å². The zero-order chi connectivity index (χ0) is 16.7. The molecule has 0 unspecified atom stereocenters. The van der Waals surface area contributed by atoms with Gasteiger partial charge in [-0.2, -0.15) is 0 Å². The van der Waals surface area contributed by atoms with Crippen molar-refractivity contribution in [2.75, 3.05) is 24.8 Å². The second-order valence-electron chi connectivity index (χ2n) is 5.21. The van der Waals surface area contributed by atoms with Crippen LogP contribution in [0.4, 0.5) is 5.69 Å². The van der Waals surface area contributed by atoms with Gasteiger partial charge in [0.25, 0.3) is 5.91 Å². The second-order valence-corrected chi connectivity index (χ2v) is 6.09. The minimum atomic E-state index is -0.0193. The molecule has 0 aromatic heterocycles. The number of ether oxygens (including phenoxy) is 1. The molecule has 0 saturated carbocycles. The van der Waals surface area contributed by atoms with E-state index in [1.165, 1.54) is 0 Å². The van der Waals surface area contributed by atoms with Crippen LogP contribution in [0.25, 0.3) is 0 Å². The van der Waals surface area contributed by atoms with Crippen LogP contribution < -0.4 is 9.64 Å². The highest BCUT2D eigenvalue weighted by Gasteiger charge is 2.21. The van der Waals surface area contributed by atoms with Crippen molar-refractivity contribution in [2.24, 2.45) is 0 Å². The van der Waals surface area contributed by atoms with Crippen molar-refractivity contribution < 1.29 is 9.53 Å². The van der Waals surface area contributed by atoms with Crippen LogP contribution in [0.5, 0.6) is 5.75 Å². The second kappa shape index (κ2) is 8.63. The third kappa shape index (κ3) is 4.29. The van der Waals surface area contributed by atoms with E-state index in [1.807, 2.05) is 59.7 Å². The van der Waals surface area contributed by atoms with Crippen molar-refractivity contribution in [1.82, 2.24) is 0 Å². The maximum atomic E-state index is 13.1. The molecule has 0 atom stereocenters. The van der Waals surface area contributed by atoms with Gasteiger partial charge in [0.15, 0.2) is 0 Å². The van der Waals surface area contributed by atoms with Gasteiger partial charge < -0.3 is 9.64 Å². The molecule has 2 aromatic carbocycles. The summed E-state index contributed by atoms with van der Waals surface area (Å²) >= 11 is 1.63. The SMILES string of the molecule is CCCCN(C(=O)c1ccc(SC)cc1OC)c1ccccc1. The number of hydrogen-bond donors (Lipinski definition) is 0. The van der Waals surface area contributed by atoms with Crippen LogP contribution in [0.15, 0.2) is 53.4 Å². The molecule has 1 amide bonds. The van der Waals surface area contributed by atoms with Crippen LogP contribution in [0.3, 0.4) is 0 Å². The lowest BCUT2D eigenvalue weighted by atomic mass is 10.1. The molecular weight excluding hydrogens is 306 g/mol. The van der Waals surface area contributed by atoms with E-state index in [1.54, 1.807) is 18.9 Å². The summed E-state index contributed by atoms with van der Waals surface area (Å²) < 4.78 is 5.44. The van der Waals surface area contributed by atoms with E-state index in [4.69, 9.17) is 4.74 Å². The van der Waals surface area contributed by atoms with Gasteiger partial charge in [0, 0.05) is 17.1 Å². The highest BCUT2D eigenvalue weighted by Crippen LogP contribution is 2.28. The molecule has 0 aliphatic rings.